The van der Waals surface area contributed by atoms with Crippen molar-refractivity contribution in [2.45, 2.75) is 176 Å². The average molecular weight is 1760 g/mol. The van der Waals surface area contributed by atoms with Crippen LogP contribution in [-0.2, 0) is 19.3 Å². The quantitative estimate of drug-likeness (QED) is 0.00245. The number of ketones is 4. The number of amides is 1. The van der Waals surface area contributed by atoms with Gasteiger partial charge in [-0.1, -0.05) is 114 Å². The van der Waals surface area contributed by atoms with Crippen LogP contribution < -0.4 is 142 Å². The average Bonchev–Trinajstić information content (AvgIpc) is 0.878. The molecule has 0 aromatic heterocycles. The molecule has 0 aliphatic heterocycles. The Hall–Kier alpha value is -5.01. The molecule has 11 N–H and O–H groups in total. The Labute approximate surface area is 774 Å². The number of benzene rings is 5. The second-order valence-corrected chi connectivity index (χ2v) is 31.2. The minimum atomic E-state index is -1.44. The molecule has 620 valence electrons. The Morgan fingerprint density at radius 1 is 0.562 bits per heavy atom. The van der Waals surface area contributed by atoms with Gasteiger partial charge in [-0.3, -0.25) is 38.9 Å². The molecule has 0 saturated heterocycles. The number of anilines is 3. The fraction of sp³-hybridized carbons (Fsp3) is 0.450. The number of alkyl carbamates (subject to hydrolysis) is 1. The van der Waals surface area contributed by atoms with E-state index in [0.29, 0.717) is 108 Å². The van der Waals surface area contributed by atoms with Crippen LogP contribution in [0.5, 0.6) is 0 Å². The summed E-state index contributed by atoms with van der Waals surface area (Å²) in [6.07, 6.45) is 1.56. The predicted octanol–water partition coefficient (Wildman–Crippen LogP) is 15.4. The summed E-state index contributed by atoms with van der Waals surface area (Å²) in [6, 6.07) is 33.0. The summed E-state index contributed by atoms with van der Waals surface area (Å²) in [6.45, 7) is 36.5. The molecule has 5 aromatic rings. The van der Waals surface area contributed by atoms with Gasteiger partial charge in [0.15, 0.2) is 24.5 Å². The Bertz CT molecular complexity index is 3530. The van der Waals surface area contributed by atoms with E-state index in [4.69, 9.17) is 40.6 Å². The summed E-state index contributed by atoms with van der Waals surface area (Å²) in [7, 11) is 0. The van der Waals surface area contributed by atoms with Gasteiger partial charge < -0.3 is 57.8 Å². The van der Waals surface area contributed by atoms with Gasteiger partial charge >= 0.3 is 115 Å². The van der Waals surface area contributed by atoms with Gasteiger partial charge in [-0.15, -0.1) is 29.7 Å². The number of non-ortho nitro benzene ring substituents is 1. The normalized spacial score (nSPS) is 11.0. The zero-order valence-electron chi connectivity index (χ0n) is 68.0. The van der Waals surface area contributed by atoms with Crippen LogP contribution in [-0.4, -0.2) is 95.0 Å². The summed E-state index contributed by atoms with van der Waals surface area (Å²) in [5, 5.41) is 21.5. The first-order valence-corrected chi connectivity index (χ1v) is 34.6. The third-order valence-electron chi connectivity index (χ3n) is 12.2. The zero-order chi connectivity index (χ0) is 83.1. The number of hydrogen-bond acceptors (Lipinski definition) is 20. The van der Waals surface area contributed by atoms with Crippen molar-refractivity contribution in [1.82, 2.24) is 5.32 Å². The van der Waals surface area contributed by atoms with E-state index >= 15 is 0 Å². The van der Waals surface area contributed by atoms with Crippen molar-refractivity contribution in [2.24, 2.45) is 44.0 Å². The summed E-state index contributed by atoms with van der Waals surface area (Å²) in [5.41, 5.74) is 28.2. The van der Waals surface area contributed by atoms with Crippen LogP contribution in [0, 0.1) is 43.5 Å². The molecule has 0 fully saturated rings. The van der Waals surface area contributed by atoms with Gasteiger partial charge in [0.1, 0.15) is 11.3 Å². The van der Waals surface area contributed by atoms with E-state index in [1.54, 1.807) is 69.3 Å². The van der Waals surface area contributed by atoms with Crippen LogP contribution >= 0.6 is 52.3 Å². The maximum atomic E-state index is 12.4. The topological polar surface area (TPSA) is 360 Å². The number of nitro benzene ring substituents is 1. The molecule has 0 saturated carbocycles. The van der Waals surface area contributed by atoms with Crippen LogP contribution in [0.15, 0.2) is 162 Å². The van der Waals surface area contributed by atoms with Crippen molar-refractivity contribution < 1.29 is 175 Å². The maximum Gasteiger partial charge on any atom is 1.00 e. The SMILES string of the molecule is C.C.CC(C)(C)CC(=O)c1ccc(N)cc1.CC(C)(C)CC(=O)c1ccc(NC/C(=C/F)CN)cc1.CC(C)(C)CC(=O)c1ccc(NC/C(=C\F)CN)cc1.CC(C)(C)CC(=O)c1ccc([N+](=O)[O-])cc1.CC(C)(C)N.CC(C)(C)OC(=O)NCC(=CF)CBr.Cl.Cl.O=Nc1ccc(C(=O)Cl)cc1.[2H]C(=O)OO[CH-]F.[K+].[K+]. The summed E-state index contributed by atoms with van der Waals surface area (Å²) < 4.78 is 58.3. The molecule has 0 heterocycles. The number of nitrogen functional groups attached to an aromatic ring is 1. The zero-order valence-corrected chi connectivity index (χ0v) is 77.2. The number of nitrogens with two attached hydrogens (primary N) is 4. The van der Waals surface area contributed by atoms with Gasteiger partial charge in [0.25, 0.3) is 10.9 Å². The summed E-state index contributed by atoms with van der Waals surface area (Å²) >= 11 is 8.24. The molecule has 0 bridgehead atoms. The molecule has 0 radical (unpaired) electrons. The third-order valence-corrected chi connectivity index (χ3v) is 13.1. The van der Waals surface area contributed by atoms with E-state index < -0.39 is 28.3 Å². The first-order chi connectivity index (χ1) is 49.3. The van der Waals surface area contributed by atoms with Crippen molar-refractivity contribution in [3.05, 3.63) is 207 Å². The van der Waals surface area contributed by atoms with Gasteiger partial charge in [0.05, 0.1) is 23.9 Å². The van der Waals surface area contributed by atoms with Gasteiger partial charge in [0.2, 0.25) is 0 Å². The van der Waals surface area contributed by atoms with Crippen molar-refractivity contribution in [2.75, 3.05) is 54.4 Å². The second-order valence-electron chi connectivity index (χ2n) is 30.3. The molecule has 112 heavy (non-hydrogen) atoms. The molecule has 0 unspecified atom stereocenters. The number of carbonyl (C=O) groups excluding carboxylic acids is 7. The number of halogens is 8. The fourth-order valence-corrected chi connectivity index (χ4v) is 7.82. The number of Topliss-reactive ketones (excluding diaryl/α,β-unsaturated/α-hetero) is 4. The number of carbonyl (C=O) groups is 7. The van der Waals surface area contributed by atoms with E-state index in [2.05, 4.69) is 67.6 Å². The first kappa shape index (κ1) is 123. The number of ether oxygens (including phenoxy) is 1. The van der Waals surface area contributed by atoms with Crippen molar-refractivity contribution in [1.29, 1.82) is 0 Å². The molecule has 1 amide bonds. The number of alkyl halides is 1. The maximum absolute atomic E-state index is 12.4. The number of nitroso groups, excluding NO2 is 1. The molecule has 32 heteroatoms. The molecule has 22 nitrogen and oxygen atoms in total. The number of hydrogen-bond donors (Lipinski definition) is 7. The van der Waals surface area contributed by atoms with E-state index in [-0.39, 0.29) is 231 Å². The largest absolute Gasteiger partial charge is 1.00 e. The minimum absolute atomic E-state index is 0. The Balaban J connectivity index is -0.000000159. The molecule has 0 aliphatic rings. The number of nitro groups is 1. The first-order valence-electron chi connectivity index (χ1n) is 33.6. The fourth-order valence-electron chi connectivity index (χ4n) is 7.37. The summed E-state index contributed by atoms with van der Waals surface area (Å²) in [4.78, 5) is 105. The van der Waals surface area contributed by atoms with Crippen molar-refractivity contribution in [3.63, 3.8) is 0 Å². The van der Waals surface area contributed by atoms with Gasteiger partial charge in [0, 0.05) is 126 Å². The Morgan fingerprint density at radius 3 is 1.08 bits per heavy atom. The second kappa shape index (κ2) is 66.1. The number of nitrogens with zero attached hydrogens (tertiary/aromatic N) is 2. The molecule has 0 spiro atoms. The van der Waals surface area contributed by atoms with E-state index in [0.717, 1.165) is 16.9 Å². The monoisotopic (exact) mass is 1750 g/mol. The molecular weight excluding hydrogens is 1640 g/mol. The Morgan fingerprint density at radius 2 is 0.857 bits per heavy atom. The smallest absolute Gasteiger partial charge is 0.444 e. The van der Waals surface area contributed by atoms with E-state index in [1.165, 1.54) is 48.5 Å². The van der Waals surface area contributed by atoms with E-state index in [9.17, 15) is 66.1 Å². The van der Waals surface area contributed by atoms with Crippen LogP contribution in [0.1, 0.15) is 218 Å². The number of nitrogens with one attached hydrogen (secondary N) is 3. The standard InChI is InChI=1S/2C16H23FN2O.C12H15NO3.C12H17NO.C9H15BrFNO2.C7H4ClNO2.C4H11N.C2H2FO3.2CH4.2ClH.2K/c2*1-16(2,3)8-15(20)13-4-6-14(7-5-13)19-11-12(9-17)10-18;1-12(2,3)8-11(14)9-4-6-10(7-5-9)13(15)16;1-12(2,3)8-11(14)9-4-6-10(13)7-5-9;1-9(2,3)14-8(13)12-6-7(4-10)5-11;8-7(10)5-1-3-6(9-11)4-2-5;1-4(2,3)5;3-1-5-6-2-4;;;;;;/h2*4-7,9,19H,8,10-11,18H2,1-3H3;4-7H,8H2,1-3H3;4-7H,8,13H2,1-3H3;5H,4,6H2,1-3H3,(H,12,13);1-4H;5H2,1-3H3;1-2H;2*1H4;2*1H;;/q;;;;;;;-1;;;;;2*+1/b12-9+;12-9-;;;;;;;;;;;;/i;;;;;;;2D;;;;;;. The van der Waals surface area contributed by atoms with Gasteiger partial charge in [-0.2, -0.15) is 0 Å². The Kier molecular flexibility index (Phi) is 72.3. The van der Waals surface area contributed by atoms with Crippen LogP contribution in [0.2, 0.25) is 0 Å². The number of rotatable bonds is 24. The van der Waals surface area contributed by atoms with Crippen LogP contribution in [0.4, 0.5) is 50.8 Å². The molecule has 0 aliphatic carbocycles. The summed E-state index contributed by atoms with van der Waals surface area (Å²) in [5.74, 6) is 0.464. The van der Waals surface area contributed by atoms with Crippen LogP contribution in [0.3, 0.4) is 0 Å². The molecular formula is C80H120BrCl3F4K2N9O13+. The van der Waals surface area contributed by atoms with Gasteiger partial charge in [-0.25, -0.2) is 18.0 Å². The van der Waals surface area contributed by atoms with Gasteiger partial charge in [-0.05, 0) is 213 Å². The molecule has 0 atom stereocenters. The van der Waals surface area contributed by atoms with E-state index in [1.807, 2.05) is 107 Å². The minimum Gasteiger partial charge on any atom is -0.444 e. The predicted molar refractivity (Wildman–Crippen MR) is 449 cm³/mol. The van der Waals surface area contributed by atoms with Crippen LogP contribution in [0.25, 0.3) is 0 Å². The van der Waals surface area contributed by atoms with Crippen molar-refractivity contribution >= 4 is 122 Å². The third kappa shape index (κ3) is 71.5. The molecule has 5 rings (SSSR count). The van der Waals surface area contributed by atoms with Crippen molar-refractivity contribution in [3.8, 4) is 0 Å². The molecule has 5 aromatic carbocycles.